The lowest BCUT2D eigenvalue weighted by atomic mass is 10.1. The summed E-state index contributed by atoms with van der Waals surface area (Å²) < 4.78 is 10.5. The quantitative estimate of drug-likeness (QED) is 0.306. The number of H-pyrrole nitrogens is 2. The minimum Gasteiger partial charge on any atom is -0.493 e. The summed E-state index contributed by atoms with van der Waals surface area (Å²) in [4.78, 5) is 20.1. The predicted octanol–water partition coefficient (Wildman–Crippen LogP) is 3.19. The third-order valence-corrected chi connectivity index (χ3v) is 4.96. The molecule has 0 aliphatic carbocycles. The Balaban J connectivity index is 1.55. The van der Waals surface area contributed by atoms with Crippen LogP contribution in [0.1, 0.15) is 11.1 Å². The number of methoxy groups -OCH3 is 2. The number of benzene rings is 1. The lowest BCUT2D eigenvalue weighted by Crippen LogP contribution is -2.24. The molecule has 9 nitrogen and oxygen atoms in total. The first-order chi connectivity index (χ1) is 15.6. The van der Waals surface area contributed by atoms with Gasteiger partial charge in [-0.2, -0.15) is 10.4 Å². The van der Waals surface area contributed by atoms with Crippen LogP contribution in [0.25, 0.3) is 28.2 Å². The second-order valence-electron chi connectivity index (χ2n) is 6.89. The molecule has 4 rings (SSSR count). The van der Waals surface area contributed by atoms with Crippen molar-refractivity contribution in [1.29, 1.82) is 5.26 Å². The standard InChI is InChI=1S/C23H20N6O3/c1-31-20-4-3-14(5-21(20)32-2)9-27-23(30)15(8-24)6-17-11-26-22-19(17)7-16(10-25-22)18-12-28-29-13-18/h3-7,10-13H,9H2,1-2H3,(H,25,26)(H,27,30)(H,28,29)/b15-6+. The van der Waals surface area contributed by atoms with Crippen LogP contribution in [0.15, 0.2) is 54.6 Å². The van der Waals surface area contributed by atoms with Gasteiger partial charge in [-0.3, -0.25) is 9.89 Å². The fourth-order valence-electron chi connectivity index (χ4n) is 3.28. The summed E-state index contributed by atoms with van der Waals surface area (Å²) in [7, 11) is 3.10. The maximum absolute atomic E-state index is 12.6. The summed E-state index contributed by atoms with van der Waals surface area (Å²) in [5.41, 5.74) is 3.91. The van der Waals surface area contributed by atoms with Gasteiger partial charge in [0.15, 0.2) is 11.5 Å². The van der Waals surface area contributed by atoms with Crippen LogP contribution in [0, 0.1) is 11.3 Å². The number of nitriles is 1. The van der Waals surface area contributed by atoms with E-state index in [-0.39, 0.29) is 12.1 Å². The molecule has 9 heteroatoms. The Morgan fingerprint density at radius 3 is 2.72 bits per heavy atom. The zero-order valence-corrected chi connectivity index (χ0v) is 17.5. The number of nitrogens with one attached hydrogen (secondary N) is 3. The van der Waals surface area contributed by atoms with Gasteiger partial charge in [-0.05, 0) is 29.8 Å². The molecule has 0 aliphatic rings. The highest BCUT2D eigenvalue weighted by Crippen LogP contribution is 2.28. The van der Waals surface area contributed by atoms with Crippen molar-refractivity contribution in [1.82, 2.24) is 25.5 Å². The maximum Gasteiger partial charge on any atom is 0.262 e. The van der Waals surface area contributed by atoms with Crippen molar-refractivity contribution in [2.75, 3.05) is 14.2 Å². The second-order valence-corrected chi connectivity index (χ2v) is 6.89. The van der Waals surface area contributed by atoms with E-state index in [1.165, 1.54) is 0 Å². The number of carbonyl (C=O) groups is 1. The molecule has 0 saturated heterocycles. The van der Waals surface area contributed by atoms with E-state index in [2.05, 4.69) is 25.5 Å². The van der Waals surface area contributed by atoms with Gasteiger partial charge in [0.05, 0.1) is 20.4 Å². The lowest BCUT2D eigenvalue weighted by Gasteiger charge is -2.10. The van der Waals surface area contributed by atoms with E-state index in [1.54, 1.807) is 57.2 Å². The van der Waals surface area contributed by atoms with Crippen LogP contribution in [0.5, 0.6) is 11.5 Å². The number of amides is 1. The van der Waals surface area contributed by atoms with Crippen molar-refractivity contribution >= 4 is 23.0 Å². The monoisotopic (exact) mass is 428 g/mol. The highest BCUT2D eigenvalue weighted by Gasteiger charge is 2.13. The highest BCUT2D eigenvalue weighted by molar-refractivity contribution is 6.03. The Labute approximate surface area is 183 Å². The Bertz CT molecular complexity index is 1330. The third-order valence-electron chi connectivity index (χ3n) is 4.96. The molecule has 3 heterocycles. The third kappa shape index (κ3) is 4.15. The van der Waals surface area contributed by atoms with E-state index in [0.717, 1.165) is 22.1 Å². The van der Waals surface area contributed by atoms with E-state index in [9.17, 15) is 10.1 Å². The normalized spacial score (nSPS) is 11.2. The molecule has 3 N–H and O–H groups in total. The Morgan fingerprint density at radius 1 is 1.16 bits per heavy atom. The molecule has 0 aliphatic heterocycles. The molecule has 1 aromatic carbocycles. The molecule has 0 atom stereocenters. The van der Waals surface area contributed by atoms with Crippen LogP contribution >= 0.6 is 0 Å². The van der Waals surface area contributed by atoms with Crippen LogP contribution < -0.4 is 14.8 Å². The average molecular weight is 428 g/mol. The van der Waals surface area contributed by atoms with Gasteiger partial charge in [0.1, 0.15) is 17.3 Å². The number of rotatable bonds is 7. The minimum atomic E-state index is -0.476. The topological polar surface area (TPSA) is 129 Å². The van der Waals surface area contributed by atoms with Gasteiger partial charge in [-0.1, -0.05) is 6.07 Å². The highest BCUT2D eigenvalue weighted by atomic mass is 16.5. The maximum atomic E-state index is 12.6. The molecule has 0 bridgehead atoms. The minimum absolute atomic E-state index is 0.0138. The van der Waals surface area contributed by atoms with Crippen LogP contribution in [0.2, 0.25) is 0 Å². The van der Waals surface area contributed by atoms with E-state index in [0.29, 0.717) is 22.7 Å². The summed E-state index contributed by atoms with van der Waals surface area (Å²) in [5, 5.41) is 19.9. The van der Waals surface area contributed by atoms with Crippen molar-refractivity contribution in [3.8, 4) is 28.7 Å². The summed E-state index contributed by atoms with van der Waals surface area (Å²) >= 11 is 0. The molecule has 0 saturated carbocycles. The molecule has 160 valence electrons. The number of fused-ring (bicyclic) bond motifs is 1. The molecule has 4 aromatic rings. The van der Waals surface area contributed by atoms with Crippen molar-refractivity contribution in [3.05, 3.63) is 65.8 Å². The zero-order valence-electron chi connectivity index (χ0n) is 17.5. The summed E-state index contributed by atoms with van der Waals surface area (Å²) in [6.45, 7) is 0.234. The number of ether oxygens (including phenoxy) is 2. The fraction of sp³-hybridized carbons (Fsp3) is 0.130. The van der Waals surface area contributed by atoms with Gasteiger partial charge in [-0.15, -0.1) is 0 Å². The number of pyridine rings is 1. The summed E-state index contributed by atoms with van der Waals surface area (Å²) in [6.07, 6.45) is 8.47. The molecule has 0 spiro atoms. The molecule has 0 unspecified atom stereocenters. The van der Waals surface area contributed by atoms with Crippen molar-refractivity contribution in [3.63, 3.8) is 0 Å². The number of hydrogen-bond donors (Lipinski definition) is 3. The second kappa shape index (κ2) is 9.06. The number of carbonyl (C=O) groups excluding carboxylic acids is 1. The molecule has 0 radical (unpaired) electrons. The fourth-order valence-corrected chi connectivity index (χ4v) is 3.28. The van der Waals surface area contributed by atoms with Crippen LogP contribution in [0.4, 0.5) is 0 Å². The van der Waals surface area contributed by atoms with E-state index >= 15 is 0 Å². The Kier molecular flexibility index (Phi) is 5.85. The van der Waals surface area contributed by atoms with Gasteiger partial charge >= 0.3 is 0 Å². The smallest absolute Gasteiger partial charge is 0.262 e. The first-order valence-electron chi connectivity index (χ1n) is 9.70. The SMILES string of the molecule is COc1ccc(CNC(=O)/C(C#N)=C/c2c[nH]c3ncc(-c4cn[nH]c4)cc23)cc1OC. The van der Waals surface area contributed by atoms with E-state index in [1.807, 2.05) is 18.2 Å². The molecule has 0 fully saturated rings. The molecule has 3 aromatic heterocycles. The lowest BCUT2D eigenvalue weighted by molar-refractivity contribution is -0.117. The number of aromatic amines is 2. The van der Waals surface area contributed by atoms with Crippen molar-refractivity contribution in [2.24, 2.45) is 0 Å². The first-order valence-corrected chi connectivity index (χ1v) is 9.70. The number of hydrogen-bond acceptors (Lipinski definition) is 6. The van der Waals surface area contributed by atoms with Crippen LogP contribution in [-0.4, -0.2) is 40.3 Å². The van der Waals surface area contributed by atoms with Gasteiger partial charge in [0.25, 0.3) is 5.91 Å². The molecule has 1 amide bonds. The Morgan fingerprint density at radius 2 is 2.00 bits per heavy atom. The van der Waals surface area contributed by atoms with Gasteiger partial charge in [0.2, 0.25) is 0 Å². The van der Waals surface area contributed by atoms with Gasteiger partial charge in [-0.25, -0.2) is 4.98 Å². The average Bonchev–Trinajstić information content (AvgIpc) is 3.50. The predicted molar refractivity (Wildman–Crippen MR) is 119 cm³/mol. The summed E-state index contributed by atoms with van der Waals surface area (Å²) in [5.74, 6) is 0.688. The molecular formula is C23H20N6O3. The molecular weight excluding hydrogens is 408 g/mol. The largest absolute Gasteiger partial charge is 0.493 e. The van der Waals surface area contributed by atoms with Crippen LogP contribution in [-0.2, 0) is 11.3 Å². The van der Waals surface area contributed by atoms with E-state index in [4.69, 9.17) is 9.47 Å². The van der Waals surface area contributed by atoms with Crippen molar-refractivity contribution < 1.29 is 14.3 Å². The van der Waals surface area contributed by atoms with Gasteiger partial charge in [0, 0.05) is 47.2 Å². The summed E-state index contributed by atoms with van der Waals surface area (Å²) in [6, 6.07) is 9.27. The Hall–Kier alpha value is -4.58. The molecule has 32 heavy (non-hydrogen) atoms. The first kappa shape index (κ1) is 20.7. The van der Waals surface area contributed by atoms with Crippen LogP contribution in [0.3, 0.4) is 0 Å². The van der Waals surface area contributed by atoms with E-state index < -0.39 is 5.91 Å². The van der Waals surface area contributed by atoms with Gasteiger partial charge < -0.3 is 19.8 Å². The zero-order chi connectivity index (χ0) is 22.5. The van der Waals surface area contributed by atoms with Crippen molar-refractivity contribution in [2.45, 2.75) is 6.54 Å². The number of nitrogens with zero attached hydrogens (tertiary/aromatic N) is 3. The number of aromatic nitrogens is 4.